The maximum absolute atomic E-state index is 11.4. The van der Waals surface area contributed by atoms with Crippen LogP contribution in [0.4, 0.5) is 5.69 Å². The number of hydrogen-bond acceptors (Lipinski definition) is 3. The average molecular weight is 196 g/mol. The van der Waals surface area contributed by atoms with Crippen molar-refractivity contribution in [3.8, 4) is 0 Å². The smallest absolute Gasteiger partial charge is 0.267 e. The summed E-state index contributed by atoms with van der Waals surface area (Å²) in [6.07, 6.45) is 1.60. The van der Waals surface area contributed by atoms with Crippen LogP contribution in [-0.4, -0.2) is 43.0 Å². The third-order valence-corrected chi connectivity index (χ3v) is 1.79. The summed E-state index contributed by atoms with van der Waals surface area (Å²) >= 11 is 0. The lowest BCUT2D eigenvalue weighted by molar-refractivity contribution is 0.0946. The Hall–Kier alpha value is -1.49. The highest BCUT2D eigenvalue weighted by molar-refractivity contribution is 5.93. The van der Waals surface area contributed by atoms with E-state index in [2.05, 4.69) is 10.3 Å². The van der Waals surface area contributed by atoms with Crippen molar-refractivity contribution in [2.45, 2.75) is 0 Å². The third-order valence-electron chi connectivity index (χ3n) is 1.79. The zero-order valence-electron chi connectivity index (χ0n) is 8.50. The molecular weight excluding hydrogens is 180 g/mol. The van der Waals surface area contributed by atoms with Crippen LogP contribution in [0.5, 0.6) is 0 Å². The first-order chi connectivity index (χ1) is 6.59. The number of carbonyl (C=O) groups excluding carboxylic acids is 1. The summed E-state index contributed by atoms with van der Waals surface area (Å²) in [6, 6.07) is 1.62. The Labute approximate surface area is 83.3 Å². The van der Waals surface area contributed by atoms with Crippen LogP contribution in [-0.2, 0) is 0 Å². The number of amides is 1. The minimum atomic E-state index is -0.122. The molecule has 0 unspecified atom stereocenters. The van der Waals surface area contributed by atoms with Gasteiger partial charge in [0.15, 0.2) is 0 Å². The lowest BCUT2D eigenvalue weighted by atomic mass is 10.4. The number of rotatable bonds is 4. The van der Waals surface area contributed by atoms with Crippen molar-refractivity contribution in [1.29, 1.82) is 0 Å². The van der Waals surface area contributed by atoms with Crippen LogP contribution in [0.1, 0.15) is 10.5 Å². The summed E-state index contributed by atoms with van der Waals surface area (Å²) in [6.45, 7) is 1.45. The zero-order valence-corrected chi connectivity index (χ0v) is 8.50. The van der Waals surface area contributed by atoms with E-state index in [9.17, 15) is 4.79 Å². The van der Waals surface area contributed by atoms with Crippen molar-refractivity contribution in [3.63, 3.8) is 0 Å². The Morgan fingerprint density at radius 3 is 2.86 bits per heavy atom. The van der Waals surface area contributed by atoms with Crippen LogP contribution >= 0.6 is 0 Å². The summed E-state index contributed by atoms with van der Waals surface area (Å²) in [5, 5.41) is 2.78. The highest BCUT2D eigenvalue weighted by Gasteiger charge is 2.06. The van der Waals surface area contributed by atoms with E-state index < -0.39 is 0 Å². The normalized spacial score (nSPS) is 10.5. The fourth-order valence-corrected chi connectivity index (χ4v) is 1.03. The second-order valence-electron chi connectivity index (χ2n) is 3.41. The van der Waals surface area contributed by atoms with Crippen LogP contribution < -0.4 is 11.1 Å². The molecule has 0 saturated heterocycles. The van der Waals surface area contributed by atoms with Crippen molar-refractivity contribution in [3.05, 3.63) is 18.0 Å². The number of nitrogens with one attached hydrogen (secondary N) is 2. The summed E-state index contributed by atoms with van der Waals surface area (Å²) < 4.78 is 0. The predicted molar refractivity (Wildman–Crippen MR) is 56.1 cm³/mol. The number of likely N-dealkylation sites (N-methyl/N-ethyl adjacent to an activating group) is 1. The molecule has 1 amide bonds. The molecule has 0 fully saturated rings. The largest absolute Gasteiger partial charge is 0.397 e. The van der Waals surface area contributed by atoms with Gasteiger partial charge in [0.1, 0.15) is 5.69 Å². The van der Waals surface area contributed by atoms with Gasteiger partial charge in [-0.3, -0.25) is 4.79 Å². The van der Waals surface area contributed by atoms with Crippen LogP contribution in [0.2, 0.25) is 0 Å². The number of H-pyrrole nitrogens is 1. The molecule has 1 heterocycles. The van der Waals surface area contributed by atoms with Gasteiger partial charge in [0.25, 0.3) is 5.91 Å². The van der Waals surface area contributed by atoms with E-state index in [-0.39, 0.29) is 5.91 Å². The molecule has 0 saturated carbocycles. The van der Waals surface area contributed by atoms with Crippen molar-refractivity contribution in [1.82, 2.24) is 15.2 Å². The molecule has 5 nitrogen and oxygen atoms in total. The minimum absolute atomic E-state index is 0.122. The van der Waals surface area contributed by atoms with Crippen molar-refractivity contribution >= 4 is 11.6 Å². The van der Waals surface area contributed by atoms with Crippen LogP contribution in [0.3, 0.4) is 0 Å². The molecule has 1 rings (SSSR count). The third kappa shape index (κ3) is 3.10. The summed E-state index contributed by atoms with van der Waals surface area (Å²) in [5.41, 5.74) is 6.55. The lowest BCUT2D eigenvalue weighted by Crippen LogP contribution is -2.31. The number of aromatic amines is 1. The lowest BCUT2D eigenvalue weighted by Gasteiger charge is -2.09. The Bertz CT molecular complexity index is 306. The van der Waals surface area contributed by atoms with Gasteiger partial charge in [0.2, 0.25) is 0 Å². The van der Waals surface area contributed by atoms with Gasteiger partial charge in [-0.15, -0.1) is 0 Å². The van der Waals surface area contributed by atoms with Crippen LogP contribution in [0, 0.1) is 0 Å². The molecular formula is C9H16N4O. The van der Waals surface area contributed by atoms with Crippen molar-refractivity contribution in [2.24, 2.45) is 0 Å². The quantitative estimate of drug-likeness (QED) is 0.629. The number of hydrogen-bond donors (Lipinski definition) is 3. The van der Waals surface area contributed by atoms with E-state index in [1.807, 2.05) is 19.0 Å². The van der Waals surface area contributed by atoms with E-state index in [0.717, 1.165) is 6.54 Å². The van der Waals surface area contributed by atoms with Gasteiger partial charge in [-0.1, -0.05) is 0 Å². The number of aromatic nitrogens is 1. The predicted octanol–water partition coefficient (Wildman–Crippen LogP) is -0.112. The second kappa shape index (κ2) is 4.66. The summed E-state index contributed by atoms with van der Waals surface area (Å²) in [7, 11) is 3.91. The SMILES string of the molecule is CN(C)CCNC(=O)c1cc(N)c[nH]1. The number of nitrogens with zero attached hydrogens (tertiary/aromatic N) is 1. The van der Waals surface area contributed by atoms with E-state index in [0.29, 0.717) is 17.9 Å². The Balaban J connectivity index is 2.36. The molecule has 0 atom stereocenters. The Morgan fingerprint density at radius 1 is 1.64 bits per heavy atom. The highest BCUT2D eigenvalue weighted by atomic mass is 16.1. The Morgan fingerprint density at radius 2 is 2.36 bits per heavy atom. The fraction of sp³-hybridized carbons (Fsp3) is 0.444. The van der Waals surface area contributed by atoms with E-state index in [1.54, 1.807) is 12.3 Å². The van der Waals surface area contributed by atoms with Gasteiger partial charge in [0, 0.05) is 25.0 Å². The summed E-state index contributed by atoms with van der Waals surface area (Å²) in [5.74, 6) is -0.122. The molecule has 1 aromatic rings. The van der Waals surface area contributed by atoms with Crippen molar-refractivity contribution < 1.29 is 4.79 Å². The van der Waals surface area contributed by atoms with Gasteiger partial charge in [-0.25, -0.2) is 0 Å². The molecule has 0 aliphatic rings. The van der Waals surface area contributed by atoms with E-state index in [4.69, 9.17) is 5.73 Å². The highest BCUT2D eigenvalue weighted by Crippen LogP contribution is 2.03. The molecule has 14 heavy (non-hydrogen) atoms. The molecule has 0 bridgehead atoms. The van der Waals surface area contributed by atoms with E-state index >= 15 is 0 Å². The molecule has 5 heteroatoms. The topological polar surface area (TPSA) is 74.2 Å². The number of anilines is 1. The van der Waals surface area contributed by atoms with Crippen LogP contribution in [0.25, 0.3) is 0 Å². The first-order valence-corrected chi connectivity index (χ1v) is 4.46. The first kappa shape index (κ1) is 10.6. The number of nitrogens with two attached hydrogens (primary N) is 1. The average Bonchev–Trinajstić information content (AvgIpc) is 2.51. The zero-order chi connectivity index (χ0) is 10.6. The molecule has 1 aromatic heterocycles. The standard InChI is InChI=1S/C9H16N4O/c1-13(2)4-3-11-9(14)8-5-7(10)6-12-8/h5-6,12H,3-4,10H2,1-2H3,(H,11,14). The van der Waals surface area contributed by atoms with Gasteiger partial charge >= 0.3 is 0 Å². The van der Waals surface area contributed by atoms with Gasteiger partial charge < -0.3 is 20.9 Å². The summed E-state index contributed by atoms with van der Waals surface area (Å²) in [4.78, 5) is 16.2. The van der Waals surface area contributed by atoms with Gasteiger partial charge in [-0.05, 0) is 20.2 Å². The molecule has 0 aliphatic heterocycles. The molecule has 0 spiro atoms. The maximum Gasteiger partial charge on any atom is 0.267 e. The molecule has 0 radical (unpaired) electrons. The second-order valence-corrected chi connectivity index (χ2v) is 3.41. The molecule has 0 aliphatic carbocycles. The fourth-order valence-electron chi connectivity index (χ4n) is 1.03. The molecule has 78 valence electrons. The molecule has 4 N–H and O–H groups in total. The molecule has 0 aromatic carbocycles. The Kier molecular flexibility index (Phi) is 3.53. The van der Waals surface area contributed by atoms with Crippen molar-refractivity contribution in [2.75, 3.05) is 32.9 Å². The number of carbonyl (C=O) groups is 1. The number of nitrogen functional groups attached to an aromatic ring is 1. The minimum Gasteiger partial charge on any atom is -0.397 e. The van der Waals surface area contributed by atoms with Gasteiger partial charge in [0.05, 0.1) is 0 Å². The van der Waals surface area contributed by atoms with E-state index in [1.165, 1.54) is 0 Å². The monoisotopic (exact) mass is 196 g/mol. The van der Waals surface area contributed by atoms with Crippen LogP contribution in [0.15, 0.2) is 12.3 Å². The van der Waals surface area contributed by atoms with Gasteiger partial charge in [-0.2, -0.15) is 0 Å². The first-order valence-electron chi connectivity index (χ1n) is 4.46. The maximum atomic E-state index is 11.4.